The molecule has 1 atom stereocenters. The average Bonchev–Trinajstić information content (AvgIpc) is 2.59. The van der Waals surface area contributed by atoms with Crippen LogP contribution in [0.3, 0.4) is 0 Å². The van der Waals surface area contributed by atoms with Gasteiger partial charge < -0.3 is 20.1 Å². The van der Waals surface area contributed by atoms with Crippen molar-refractivity contribution in [1.29, 1.82) is 0 Å². The molecule has 2 N–H and O–H groups in total. The maximum Gasteiger partial charge on any atom is 0.419 e. The van der Waals surface area contributed by atoms with Crippen LogP contribution >= 0.6 is 12.4 Å². The standard InChI is InChI=1S/C17H23F3N2O3.ClH/c1-22(16(24)12-6-8-21-9-7-12)10-13(23)11-25-15-5-3-2-4-14(15)17(18,19)20;/h2-5,12-13,21,23H,6-11H2,1H3;1H. The molecule has 1 fully saturated rings. The number of aliphatic hydroxyl groups is 1. The number of ether oxygens (including phenoxy) is 1. The van der Waals surface area contributed by atoms with Crippen molar-refractivity contribution in [3.05, 3.63) is 29.8 Å². The molecule has 1 aliphatic rings. The van der Waals surface area contributed by atoms with Gasteiger partial charge in [-0.3, -0.25) is 4.79 Å². The van der Waals surface area contributed by atoms with Gasteiger partial charge in [0.2, 0.25) is 5.91 Å². The lowest BCUT2D eigenvalue weighted by Gasteiger charge is -2.28. The number of hydrogen-bond acceptors (Lipinski definition) is 4. The molecule has 0 aliphatic carbocycles. The number of halogens is 4. The first kappa shape index (κ1) is 22.5. The van der Waals surface area contributed by atoms with Crippen LogP contribution in [0.4, 0.5) is 13.2 Å². The smallest absolute Gasteiger partial charge is 0.419 e. The van der Waals surface area contributed by atoms with Crippen molar-refractivity contribution in [2.75, 3.05) is 33.3 Å². The van der Waals surface area contributed by atoms with Crippen LogP contribution in [-0.2, 0) is 11.0 Å². The van der Waals surface area contributed by atoms with Crippen LogP contribution < -0.4 is 10.1 Å². The monoisotopic (exact) mass is 396 g/mol. The van der Waals surface area contributed by atoms with E-state index in [0.717, 1.165) is 32.0 Å². The first-order chi connectivity index (χ1) is 11.8. The van der Waals surface area contributed by atoms with Crippen LogP contribution in [0.1, 0.15) is 18.4 Å². The number of piperidine rings is 1. The topological polar surface area (TPSA) is 61.8 Å². The Kier molecular flexibility index (Phi) is 8.66. The predicted molar refractivity (Wildman–Crippen MR) is 93.4 cm³/mol. The molecule has 0 spiro atoms. The number of alkyl halides is 3. The van der Waals surface area contributed by atoms with Gasteiger partial charge in [0.1, 0.15) is 18.5 Å². The molecule has 2 rings (SSSR count). The van der Waals surface area contributed by atoms with E-state index in [0.29, 0.717) is 0 Å². The lowest BCUT2D eigenvalue weighted by atomic mass is 9.96. The minimum atomic E-state index is -4.52. The summed E-state index contributed by atoms with van der Waals surface area (Å²) in [6, 6.07) is 4.84. The van der Waals surface area contributed by atoms with Gasteiger partial charge in [0.15, 0.2) is 0 Å². The van der Waals surface area contributed by atoms with Gasteiger partial charge >= 0.3 is 6.18 Å². The Labute approximate surface area is 156 Å². The van der Waals surface area contributed by atoms with E-state index >= 15 is 0 Å². The highest BCUT2D eigenvalue weighted by Crippen LogP contribution is 2.35. The number of carbonyl (C=O) groups is 1. The molecule has 1 aromatic carbocycles. The highest BCUT2D eigenvalue weighted by molar-refractivity contribution is 5.85. The van der Waals surface area contributed by atoms with Gasteiger partial charge in [-0.1, -0.05) is 12.1 Å². The van der Waals surface area contributed by atoms with Crippen LogP contribution in [0, 0.1) is 5.92 Å². The fraction of sp³-hybridized carbons (Fsp3) is 0.588. The normalized spacial score (nSPS) is 16.5. The fourth-order valence-corrected chi connectivity index (χ4v) is 2.85. The molecule has 0 bridgehead atoms. The number of rotatable bonds is 6. The number of hydrogen-bond donors (Lipinski definition) is 2. The number of aliphatic hydroxyl groups excluding tert-OH is 1. The van der Waals surface area contributed by atoms with Gasteiger partial charge in [-0.05, 0) is 38.1 Å². The molecule has 1 aliphatic heterocycles. The molecule has 0 radical (unpaired) electrons. The van der Waals surface area contributed by atoms with E-state index in [9.17, 15) is 23.1 Å². The third-order valence-electron chi connectivity index (χ3n) is 4.17. The molecule has 5 nitrogen and oxygen atoms in total. The van der Waals surface area contributed by atoms with E-state index in [1.807, 2.05) is 0 Å². The zero-order chi connectivity index (χ0) is 18.4. The van der Waals surface area contributed by atoms with Crippen molar-refractivity contribution in [2.24, 2.45) is 5.92 Å². The lowest BCUT2D eigenvalue weighted by Crippen LogP contribution is -2.43. The summed E-state index contributed by atoms with van der Waals surface area (Å²) >= 11 is 0. The molecular formula is C17H24ClF3N2O3. The third-order valence-corrected chi connectivity index (χ3v) is 4.17. The number of amides is 1. The Balaban J connectivity index is 0.00000338. The van der Waals surface area contributed by atoms with Crippen molar-refractivity contribution in [1.82, 2.24) is 10.2 Å². The highest BCUT2D eigenvalue weighted by Gasteiger charge is 2.34. The van der Waals surface area contributed by atoms with Crippen LogP contribution in [0.25, 0.3) is 0 Å². The van der Waals surface area contributed by atoms with E-state index in [1.54, 1.807) is 7.05 Å². The second-order valence-corrected chi connectivity index (χ2v) is 6.20. The summed E-state index contributed by atoms with van der Waals surface area (Å²) in [5, 5.41) is 13.2. The molecule has 1 amide bonds. The first-order valence-corrected chi connectivity index (χ1v) is 8.22. The van der Waals surface area contributed by atoms with Crippen LogP contribution in [-0.4, -0.2) is 55.3 Å². The summed E-state index contributed by atoms with van der Waals surface area (Å²) < 4.78 is 43.8. The van der Waals surface area contributed by atoms with Gasteiger partial charge in [-0.2, -0.15) is 13.2 Å². The maximum absolute atomic E-state index is 12.9. The summed E-state index contributed by atoms with van der Waals surface area (Å²) in [5.74, 6) is -0.469. The van der Waals surface area contributed by atoms with Gasteiger partial charge in [0.05, 0.1) is 5.56 Å². The summed E-state index contributed by atoms with van der Waals surface area (Å²) in [5.41, 5.74) is -0.888. The minimum Gasteiger partial charge on any atom is -0.490 e. The molecule has 9 heteroatoms. The van der Waals surface area contributed by atoms with Crippen LogP contribution in [0.5, 0.6) is 5.75 Å². The van der Waals surface area contributed by atoms with E-state index in [2.05, 4.69) is 5.32 Å². The fourth-order valence-electron chi connectivity index (χ4n) is 2.85. The molecular weight excluding hydrogens is 373 g/mol. The number of para-hydroxylation sites is 1. The number of nitrogens with zero attached hydrogens (tertiary/aromatic N) is 1. The molecule has 0 saturated carbocycles. The summed E-state index contributed by atoms with van der Waals surface area (Å²) in [7, 11) is 1.58. The van der Waals surface area contributed by atoms with Crippen molar-refractivity contribution in [3.63, 3.8) is 0 Å². The lowest BCUT2D eigenvalue weighted by molar-refractivity contribution is -0.139. The molecule has 1 unspecified atom stereocenters. The predicted octanol–water partition coefficient (Wildman–Crippen LogP) is 2.32. The molecule has 1 aromatic rings. The van der Waals surface area contributed by atoms with E-state index in [-0.39, 0.29) is 43.1 Å². The quantitative estimate of drug-likeness (QED) is 0.774. The van der Waals surface area contributed by atoms with E-state index < -0.39 is 17.8 Å². The van der Waals surface area contributed by atoms with Crippen LogP contribution in [0.15, 0.2) is 24.3 Å². The number of carbonyl (C=O) groups excluding carboxylic acids is 1. The third kappa shape index (κ3) is 6.34. The molecule has 26 heavy (non-hydrogen) atoms. The minimum absolute atomic E-state index is 0. The summed E-state index contributed by atoms with van der Waals surface area (Å²) in [6.07, 6.45) is -4.11. The second-order valence-electron chi connectivity index (χ2n) is 6.20. The average molecular weight is 397 g/mol. The van der Waals surface area contributed by atoms with Crippen molar-refractivity contribution in [3.8, 4) is 5.75 Å². The Bertz CT molecular complexity index is 581. The van der Waals surface area contributed by atoms with Crippen molar-refractivity contribution < 1.29 is 27.8 Å². The molecule has 1 heterocycles. The summed E-state index contributed by atoms with van der Waals surface area (Å²) in [4.78, 5) is 13.7. The van der Waals surface area contributed by atoms with E-state index in [4.69, 9.17) is 4.74 Å². The number of likely N-dealkylation sites (N-methyl/N-ethyl adjacent to an activating group) is 1. The number of nitrogens with one attached hydrogen (secondary N) is 1. The maximum atomic E-state index is 12.9. The molecule has 1 saturated heterocycles. The number of benzene rings is 1. The van der Waals surface area contributed by atoms with Gasteiger partial charge in [-0.15, -0.1) is 12.4 Å². The largest absolute Gasteiger partial charge is 0.490 e. The first-order valence-electron chi connectivity index (χ1n) is 8.22. The Morgan fingerprint density at radius 1 is 1.35 bits per heavy atom. The van der Waals surface area contributed by atoms with Gasteiger partial charge in [0.25, 0.3) is 0 Å². The SMILES string of the molecule is CN(CC(O)COc1ccccc1C(F)(F)F)C(=O)C1CCNCC1.Cl. The Morgan fingerprint density at radius 3 is 2.58 bits per heavy atom. The Morgan fingerprint density at radius 2 is 1.96 bits per heavy atom. The molecule has 148 valence electrons. The zero-order valence-electron chi connectivity index (χ0n) is 14.5. The van der Waals surface area contributed by atoms with Gasteiger partial charge in [-0.25, -0.2) is 0 Å². The van der Waals surface area contributed by atoms with Crippen molar-refractivity contribution >= 4 is 18.3 Å². The van der Waals surface area contributed by atoms with Crippen LogP contribution in [0.2, 0.25) is 0 Å². The summed E-state index contributed by atoms with van der Waals surface area (Å²) in [6.45, 7) is 1.25. The second kappa shape index (κ2) is 9.99. The van der Waals surface area contributed by atoms with Gasteiger partial charge in [0, 0.05) is 19.5 Å². The molecule has 0 aromatic heterocycles. The zero-order valence-corrected chi connectivity index (χ0v) is 15.3. The van der Waals surface area contributed by atoms with E-state index in [1.165, 1.54) is 23.1 Å². The Hall–Kier alpha value is -1.51. The highest BCUT2D eigenvalue weighted by atomic mass is 35.5. The van der Waals surface area contributed by atoms with Crippen molar-refractivity contribution in [2.45, 2.75) is 25.1 Å².